The maximum atomic E-state index is 14.2. The van der Waals surface area contributed by atoms with Gasteiger partial charge in [0.1, 0.15) is 66.5 Å². The lowest BCUT2D eigenvalue weighted by atomic mass is 9.96. The second-order valence-corrected chi connectivity index (χ2v) is 28.1. The van der Waals surface area contributed by atoms with Crippen molar-refractivity contribution in [2.24, 2.45) is 29.2 Å². The van der Waals surface area contributed by atoms with Gasteiger partial charge in [0.25, 0.3) is 0 Å². The second-order valence-electron chi connectivity index (χ2n) is 28.1. The van der Waals surface area contributed by atoms with Gasteiger partial charge in [-0.15, -0.1) is 0 Å². The zero-order valence-corrected chi connectivity index (χ0v) is 61.8. The van der Waals surface area contributed by atoms with E-state index in [1.54, 1.807) is 53.8 Å². The number of hydrogen-bond acceptors (Lipinski definition) is 18. The molecule has 1 aliphatic heterocycles. The monoisotopic (exact) mass is 1480 g/mol. The van der Waals surface area contributed by atoms with Gasteiger partial charge in [-0.3, -0.25) is 67.1 Å². The number of likely N-dealkylation sites (tertiary alicyclic amines) is 1. The first-order valence-electron chi connectivity index (χ1n) is 36.4. The maximum Gasteiger partial charge on any atom is 0.326 e. The fourth-order valence-corrected chi connectivity index (χ4v) is 12.0. The Kier molecular flexibility index (Phi) is 39.2. The molecule has 0 saturated carbocycles. The van der Waals surface area contributed by atoms with Crippen molar-refractivity contribution in [1.29, 1.82) is 0 Å². The van der Waals surface area contributed by atoms with Crippen molar-refractivity contribution < 1.29 is 97.5 Å². The summed E-state index contributed by atoms with van der Waals surface area (Å²) in [6, 6.07) is -8.47. The summed E-state index contributed by atoms with van der Waals surface area (Å²) in [7, 11) is 0. The van der Waals surface area contributed by atoms with Crippen LogP contribution in [0.3, 0.4) is 0 Å². The SMILES string of the molecule is CC[C@H](C)[C@H](NC(=O)[C@H](CCC(N)=O)NC(=O)[C@@H]1CCCN1C(=O)CCCCCCCCCCCCC(=O)N[C@@H](CO)C(=O)N[C@H](C(=O)N[C@@H](CC(C)C)C(=O)N[C@@H](CC(N)=O)C(=O)N[C@@H](C)C(=O)O)[C@@H](C)O)C(=O)N[C@H](C(=O)N[C@@H](CC(C)C)C(=O)N[C@@H](Cc1c[nH]c2ccccc12)C(=O)O)[C@@H](C)O. The number of para-hydroxylation sites is 1. The van der Waals surface area contributed by atoms with E-state index in [0.29, 0.717) is 50.6 Å². The number of aliphatic carboxylic acids is 2. The summed E-state index contributed by atoms with van der Waals surface area (Å²) in [5, 5.41) is 76.1. The molecule has 0 aliphatic carbocycles. The standard InChI is InChI=1S/C71H114N14O20/c1-10-40(6)58(67(99)84-60(43(9)88)69(101)80-49(33-39(4)5)64(96)81-51(71(104)105)34-44-36-74-46-25-22-21-24-45(44)46)82-61(93)47(29-30-54(72)89)77-66(98)53-26-23-31-85(53)57(92)28-20-18-16-14-12-11-13-15-17-19-27-56(91)76-52(37-86)65(97)83-59(42(8)87)68(100)79-48(32-38(2)3)63(95)78-50(35-55(73)90)62(94)75-41(7)70(102)103/h21-22,24-25,36,38-43,47-53,58-60,74,86-88H,10-20,23,26-35,37H2,1-9H3,(H2,72,89)(H2,73,90)(H,75,94)(H,76,91)(H,77,98)(H,78,95)(H,79,100)(H,80,101)(H,81,96)(H,82,93)(H,83,97)(H,84,99)(H,102,103)(H,104,105)/t40-,41-,42+,43+,47-,48-,49-,50-,51-,52-,53-,58-,59-,60-/m0/s1. The number of aliphatic hydroxyl groups is 3. The third-order valence-electron chi connectivity index (χ3n) is 18.1. The van der Waals surface area contributed by atoms with E-state index in [-0.39, 0.29) is 62.7 Å². The quantitative estimate of drug-likeness (QED) is 0.0370. The molecule has 0 unspecified atom stereocenters. The van der Waals surface area contributed by atoms with E-state index in [2.05, 4.69) is 58.2 Å². The molecule has 34 nitrogen and oxygen atoms in total. The Labute approximate surface area is 612 Å². The van der Waals surface area contributed by atoms with E-state index in [1.165, 1.54) is 18.7 Å². The van der Waals surface area contributed by atoms with Gasteiger partial charge >= 0.3 is 11.9 Å². The van der Waals surface area contributed by atoms with Crippen LogP contribution in [-0.2, 0) is 78.3 Å². The van der Waals surface area contributed by atoms with E-state index in [4.69, 9.17) is 11.5 Å². The van der Waals surface area contributed by atoms with Crippen LogP contribution in [0.25, 0.3) is 10.9 Å². The minimum Gasteiger partial charge on any atom is -0.480 e. The Morgan fingerprint density at radius 1 is 0.514 bits per heavy atom. The predicted molar refractivity (Wildman–Crippen MR) is 383 cm³/mol. The third-order valence-corrected chi connectivity index (χ3v) is 18.1. The molecule has 1 aliphatic rings. The van der Waals surface area contributed by atoms with Gasteiger partial charge in [-0.1, -0.05) is 118 Å². The molecule has 1 aromatic carbocycles. The number of benzene rings is 1. The van der Waals surface area contributed by atoms with Gasteiger partial charge in [-0.05, 0) is 95.1 Å². The van der Waals surface area contributed by atoms with Crippen LogP contribution in [-0.4, -0.2) is 216 Å². The summed E-state index contributed by atoms with van der Waals surface area (Å²) in [5.41, 5.74) is 12.1. The number of carboxylic acids is 2. The van der Waals surface area contributed by atoms with Crippen LogP contribution in [0.15, 0.2) is 30.5 Å². The first-order valence-corrected chi connectivity index (χ1v) is 36.4. The molecule has 1 fully saturated rings. The van der Waals surface area contributed by atoms with E-state index in [1.807, 2.05) is 18.2 Å². The van der Waals surface area contributed by atoms with Gasteiger partial charge in [0, 0.05) is 49.3 Å². The van der Waals surface area contributed by atoms with E-state index in [9.17, 15) is 97.5 Å². The first kappa shape index (κ1) is 89.9. The Hall–Kier alpha value is -9.31. The number of nitrogens with two attached hydrogens (primary N) is 2. The van der Waals surface area contributed by atoms with Crippen molar-refractivity contribution >= 4 is 99.6 Å². The van der Waals surface area contributed by atoms with Gasteiger partial charge < -0.3 is 100 Å². The topological polar surface area (TPSA) is 549 Å². The molecular weight excluding hydrogens is 1370 g/mol. The molecular formula is C71H114N14O20. The molecule has 1 aromatic heterocycles. The number of nitrogens with zero attached hydrogens (tertiary/aromatic N) is 1. The summed E-state index contributed by atoms with van der Waals surface area (Å²) in [4.78, 5) is 202. The van der Waals surface area contributed by atoms with Gasteiger partial charge in [0.05, 0.1) is 25.2 Å². The summed E-state index contributed by atoms with van der Waals surface area (Å²) in [6.45, 7) is 13.4. The van der Waals surface area contributed by atoms with Crippen molar-refractivity contribution in [2.75, 3.05) is 13.2 Å². The average molecular weight is 1480 g/mol. The van der Waals surface area contributed by atoms with Crippen molar-refractivity contribution in [2.45, 2.75) is 276 Å². The molecule has 0 spiro atoms. The van der Waals surface area contributed by atoms with Gasteiger partial charge in [-0.25, -0.2) is 4.79 Å². The number of hydrogen-bond donors (Lipinski definition) is 18. The highest BCUT2D eigenvalue weighted by atomic mass is 16.4. The molecule has 2 heterocycles. The zero-order valence-electron chi connectivity index (χ0n) is 61.8. The van der Waals surface area contributed by atoms with E-state index < -0.39 is 180 Å². The molecule has 20 N–H and O–H groups in total. The number of rotatable bonds is 50. The van der Waals surface area contributed by atoms with Crippen molar-refractivity contribution in [3.63, 3.8) is 0 Å². The number of fused-ring (bicyclic) bond motifs is 1. The van der Waals surface area contributed by atoms with Gasteiger partial charge in [-0.2, -0.15) is 0 Å². The van der Waals surface area contributed by atoms with Gasteiger partial charge in [0.2, 0.25) is 76.8 Å². The number of aromatic amines is 1. The number of aliphatic hydroxyl groups excluding tert-OH is 3. The number of unbranched alkanes of at least 4 members (excludes halogenated alkanes) is 9. The van der Waals surface area contributed by atoms with Gasteiger partial charge in [0.15, 0.2) is 0 Å². The molecule has 13 amide bonds. The minimum atomic E-state index is -1.70. The molecule has 0 bridgehead atoms. The summed E-state index contributed by atoms with van der Waals surface area (Å²) in [6.07, 6.45) is 6.14. The van der Waals surface area contributed by atoms with Crippen molar-refractivity contribution in [3.05, 3.63) is 36.0 Å². The van der Waals surface area contributed by atoms with Crippen molar-refractivity contribution in [3.8, 4) is 0 Å². The van der Waals surface area contributed by atoms with Crippen molar-refractivity contribution in [1.82, 2.24) is 63.1 Å². The van der Waals surface area contributed by atoms with Crippen LogP contribution in [0.1, 0.15) is 196 Å². The normalized spacial score (nSPS) is 16.6. The summed E-state index contributed by atoms with van der Waals surface area (Å²) >= 11 is 0. The number of carbonyl (C=O) groups excluding carboxylic acids is 13. The molecule has 0 radical (unpaired) electrons. The number of primary amides is 2. The van der Waals surface area contributed by atoms with Crippen LogP contribution >= 0.6 is 0 Å². The predicted octanol–water partition coefficient (Wildman–Crippen LogP) is -0.547. The lowest BCUT2D eigenvalue weighted by Gasteiger charge is -2.30. The van der Waals surface area contributed by atoms with E-state index >= 15 is 0 Å². The molecule has 588 valence electrons. The number of nitrogens with one attached hydrogen (secondary N) is 11. The highest BCUT2D eigenvalue weighted by Crippen LogP contribution is 2.23. The Balaban J connectivity index is 1.47. The number of aromatic nitrogens is 1. The smallest absolute Gasteiger partial charge is 0.326 e. The second kappa shape index (κ2) is 45.8. The van der Waals surface area contributed by atoms with Crippen LogP contribution < -0.4 is 64.6 Å². The molecule has 34 heteroatoms. The molecule has 105 heavy (non-hydrogen) atoms. The highest BCUT2D eigenvalue weighted by Gasteiger charge is 2.40. The third kappa shape index (κ3) is 31.5. The Morgan fingerprint density at radius 2 is 0.981 bits per heavy atom. The Bertz CT molecular complexity index is 3270. The minimum absolute atomic E-state index is 0.0135. The number of H-pyrrole nitrogens is 1. The van der Waals surface area contributed by atoms with Crippen LogP contribution in [0.4, 0.5) is 0 Å². The van der Waals surface area contributed by atoms with Crippen LogP contribution in [0.2, 0.25) is 0 Å². The summed E-state index contributed by atoms with van der Waals surface area (Å²) < 4.78 is 0. The number of amides is 13. The number of carbonyl (C=O) groups is 15. The fraction of sp³-hybridized carbons (Fsp3) is 0.676. The zero-order chi connectivity index (χ0) is 78.8. The Morgan fingerprint density at radius 3 is 1.48 bits per heavy atom. The maximum absolute atomic E-state index is 14.2. The molecule has 14 atom stereocenters. The largest absolute Gasteiger partial charge is 0.480 e. The van der Waals surface area contributed by atoms with E-state index in [0.717, 1.165) is 62.8 Å². The highest BCUT2D eigenvalue weighted by molar-refractivity contribution is 5.99. The van der Waals surface area contributed by atoms with Crippen LogP contribution in [0, 0.1) is 17.8 Å². The molecule has 1 saturated heterocycles. The van der Waals surface area contributed by atoms with Crippen LogP contribution in [0.5, 0.6) is 0 Å². The average Bonchev–Trinajstić information content (AvgIpc) is 1.78. The molecule has 3 rings (SSSR count). The summed E-state index contributed by atoms with van der Waals surface area (Å²) in [5.74, 6) is -14.6. The fourth-order valence-electron chi connectivity index (χ4n) is 12.0. The molecule has 2 aromatic rings. The first-order chi connectivity index (χ1) is 49.5. The lowest BCUT2D eigenvalue weighted by Crippen LogP contribution is -2.62. The lowest BCUT2D eigenvalue weighted by molar-refractivity contribution is -0.142. The number of carboxylic acid groups (broad SMARTS) is 2.